The number of halogens is 1. The molecule has 0 saturated carbocycles. The lowest BCUT2D eigenvalue weighted by Gasteiger charge is -2.35. The van der Waals surface area contributed by atoms with Crippen molar-refractivity contribution < 1.29 is 9.72 Å². The monoisotopic (exact) mass is 471 g/mol. The van der Waals surface area contributed by atoms with Gasteiger partial charge in [-0.3, -0.25) is 14.9 Å². The van der Waals surface area contributed by atoms with Crippen LogP contribution in [-0.2, 0) is 0 Å². The molecule has 0 aliphatic carbocycles. The molecule has 1 amide bonds. The van der Waals surface area contributed by atoms with Crippen LogP contribution >= 0.6 is 15.9 Å². The highest BCUT2D eigenvalue weighted by molar-refractivity contribution is 9.10. The lowest BCUT2D eigenvalue weighted by atomic mass is 9.98. The number of hydrogen-bond donors (Lipinski definition) is 0. The van der Waals surface area contributed by atoms with Crippen LogP contribution in [0.1, 0.15) is 36.2 Å². The van der Waals surface area contributed by atoms with E-state index in [-0.39, 0.29) is 11.6 Å². The second-order valence-electron chi connectivity index (χ2n) is 7.19. The summed E-state index contributed by atoms with van der Waals surface area (Å²) in [6.07, 6.45) is 2.95. The number of hydrogen-bond acceptors (Lipinski definition) is 3. The molecule has 0 spiro atoms. The molecule has 1 aliphatic heterocycles. The van der Waals surface area contributed by atoms with Gasteiger partial charge >= 0.3 is 0 Å². The van der Waals surface area contributed by atoms with Crippen LogP contribution in [0.15, 0.2) is 59.2 Å². The van der Waals surface area contributed by atoms with Crippen molar-refractivity contribution in [3.8, 4) is 0 Å². The highest BCUT2D eigenvalue weighted by atomic mass is 79.9. The molecule has 1 atom stereocenters. The molecule has 29 heavy (non-hydrogen) atoms. The summed E-state index contributed by atoms with van der Waals surface area (Å²) in [4.78, 5) is 25.4. The van der Waals surface area contributed by atoms with Gasteiger partial charge in [-0.05, 0) is 47.4 Å². The molecule has 0 unspecified atom stereocenters. The Morgan fingerprint density at radius 3 is 2.31 bits per heavy atom. The number of nitrogens with zero attached hydrogens (tertiary/aromatic N) is 2. The van der Waals surface area contributed by atoms with Gasteiger partial charge in [-0.15, -0.1) is 0 Å². The summed E-state index contributed by atoms with van der Waals surface area (Å²) in [5.74, 6) is -0.104. The number of amides is 1. The average molecular weight is 472 g/mol. The molecule has 1 aliphatic rings. The van der Waals surface area contributed by atoms with E-state index in [1.165, 1.54) is 29.8 Å². The summed E-state index contributed by atoms with van der Waals surface area (Å²) in [6.45, 7) is 5.21. The molecular formula is C22H24BrN2O3Si. The van der Waals surface area contributed by atoms with Crippen LogP contribution in [0.5, 0.6) is 0 Å². The van der Waals surface area contributed by atoms with Crippen molar-refractivity contribution in [2.24, 2.45) is 0 Å². The Labute approximate surface area is 181 Å². The number of non-ortho nitro benzene ring substituents is 1. The number of benzene rings is 2. The third-order valence-electron chi connectivity index (χ3n) is 5.48. The molecule has 3 rings (SSSR count). The summed E-state index contributed by atoms with van der Waals surface area (Å²) in [5, 5.41) is 10.9. The summed E-state index contributed by atoms with van der Waals surface area (Å²) >= 11 is 3.48. The Balaban J connectivity index is 1.93. The zero-order valence-electron chi connectivity index (χ0n) is 16.6. The summed E-state index contributed by atoms with van der Waals surface area (Å²) in [7, 11) is -0.569. The first kappa shape index (κ1) is 21.5. The smallest absolute Gasteiger partial charge is 0.269 e. The lowest BCUT2D eigenvalue weighted by molar-refractivity contribution is -0.384. The van der Waals surface area contributed by atoms with Crippen molar-refractivity contribution in [3.05, 3.63) is 80.4 Å². The zero-order chi connectivity index (χ0) is 21.0. The van der Waals surface area contributed by atoms with Crippen LogP contribution in [0, 0.1) is 10.1 Å². The lowest BCUT2D eigenvalue weighted by Crippen LogP contribution is -2.37. The number of allylic oxidation sites excluding steroid dienone is 1. The summed E-state index contributed by atoms with van der Waals surface area (Å²) in [5.41, 5.74) is 3.26. The predicted octanol–water partition coefficient (Wildman–Crippen LogP) is 6.15. The zero-order valence-corrected chi connectivity index (χ0v) is 19.2. The fourth-order valence-corrected chi connectivity index (χ4v) is 6.73. The number of nitro benzene ring substituents is 1. The summed E-state index contributed by atoms with van der Waals surface area (Å²) < 4.78 is 1.03. The number of nitro groups is 1. The van der Waals surface area contributed by atoms with Crippen LogP contribution in [0.4, 0.5) is 5.69 Å². The van der Waals surface area contributed by atoms with E-state index in [4.69, 9.17) is 0 Å². The summed E-state index contributed by atoms with van der Waals surface area (Å²) in [6, 6.07) is 16.4. The third-order valence-corrected chi connectivity index (χ3v) is 9.37. The molecule has 1 heterocycles. The van der Waals surface area contributed by atoms with E-state index in [0.29, 0.717) is 17.6 Å². The normalized spacial score (nSPS) is 16.6. The van der Waals surface area contributed by atoms with Gasteiger partial charge in [0.2, 0.25) is 0 Å². The minimum absolute atomic E-state index is 0.00775. The standard InChI is InChI=1S/C22H24BrN2O3Si/c1-3-29(4-2)21-13-18(16-5-9-19(23)10-6-16)14-24(15-21)22(26)17-7-11-20(12-8-17)25(27)28/h5-12,14,21H,3-4,13,15H2,1-2H3/t21-/m1/s1. The van der Waals surface area contributed by atoms with Gasteiger partial charge in [0, 0.05) is 34.9 Å². The molecule has 0 aromatic heterocycles. The highest BCUT2D eigenvalue weighted by Gasteiger charge is 2.30. The van der Waals surface area contributed by atoms with Crippen LogP contribution in [0.2, 0.25) is 17.6 Å². The Kier molecular flexibility index (Phi) is 7.03. The minimum Gasteiger partial charge on any atom is -0.315 e. The molecule has 0 fully saturated rings. The minimum atomic E-state index is -0.569. The SMILES string of the molecule is CC[Si](CC)[C@@H]1CC(c2ccc(Br)cc2)=CN(C(=O)c2ccc([N+](=O)[O-])cc2)C1. The Hall–Kier alpha value is -2.25. The highest BCUT2D eigenvalue weighted by Crippen LogP contribution is 2.36. The van der Waals surface area contributed by atoms with Gasteiger partial charge in [-0.1, -0.05) is 54.0 Å². The molecule has 2 aromatic carbocycles. The second-order valence-corrected chi connectivity index (χ2v) is 11.7. The van der Waals surface area contributed by atoms with Crippen molar-refractivity contribution in [2.75, 3.05) is 6.54 Å². The molecular weight excluding hydrogens is 448 g/mol. The van der Waals surface area contributed by atoms with Crippen LogP contribution in [0.3, 0.4) is 0 Å². The molecule has 0 saturated heterocycles. The van der Waals surface area contributed by atoms with Crippen molar-refractivity contribution in [2.45, 2.75) is 37.9 Å². The Morgan fingerprint density at radius 1 is 1.14 bits per heavy atom. The maximum atomic E-state index is 13.2. The molecule has 5 nitrogen and oxygen atoms in total. The van der Waals surface area contributed by atoms with E-state index in [0.717, 1.165) is 16.5 Å². The molecule has 1 radical (unpaired) electrons. The molecule has 2 aromatic rings. The van der Waals surface area contributed by atoms with Gasteiger partial charge in [0.25, 0.3) is 11.6 Å². The van der Waals surface area contributed by atoms with Crippen LogP contribution < -0.4 is 0 Å². The predicted molar refractivity (Wildman–Crippen MR) is 121 cm³/mol. The number of rotatable bonds is 6. The van der Waals surface area contributed by atoms with E-state index < -0.39 is 13.7 Å². The van der Waals surface area contributed by atoms with Gasteiger partial charge in [0.15, 0.2) is 0 Å². The van der Waals surface area contributed by atoms with E-state index in [1.54, 1.807) is 12.1 Å². The molecule has 0 bridgehead atoms. The van der Waals surface area contributed by atoms with Crippen molar-refractivity contribution >= 4 is 41.9 Å². The number of carbonyl (C=O) groups is 1. The fourth-order valence-electron chi connectivity index (χ4n) is 3.85. The van der Waals surface area contributed by atoms with Gasteiger partial charge in [0.05, 0.1) is 13.7 Å². The van der Waals surface area contributed by atoms with Crippen molar-refractivity contribution in [3.63, 3.8) is 0 Å². The second kappa shape index (κ2) is 9.50. The fraction of sp³-hybridized carbons (Fsp3) is 0.318. The number of carbonyl (C=O) groups excluding carboxylic acids is 1. The van der Waals surface area contributed by atoms with E-state index in [2.05, 4.69) is 41.9 Å². The first-order valence-electron chi connectivity index (χ1n) is 9.79. The first-order chi connectivity index (χ1) is 13.9. The molecule has 151 valence electrons. The quantitative estimate of drug-likeness (QED) is 0.288. The van der Waals surface area contributed by atoms with E-state index in [9.17, 15) is 14.9 Å². The average Bonchev–Trinajstić information content (AvgIpc) is 2.74. The third kappa shape index (κ3) is 5.03. The van der Waals surface area contributed by atoms with Gasteiger partial charge < -0.3 is 4.90 Å². The van der Waals surface area contributed by atoms with Crippen LogP contribution in [0.25, 0.3) is 5.57 Å². The largest absolute Gasteiger partial charge is 0.315 e. The van der Waals surface area contributed by atoms with Crippen molar-refractivity contribution in [1.29, 1.82) is 0 Å². The van der Waals surface area contributed by atoms with Gasteiger partial charge in [-0.25, -0.2) is 0 Å². The van der Waals surface area contributed by atoms with Crippen molar-refractivity contribution in [1.82, 2.24) is 4.90 Å². The first-order valence-corrected chi connectivity index (χ1v) is 12.6. The Morgan fingerprint density at radius 2 is 1.76 bits per heavy atom. The van der Waals surface area contributed by atoms with Gasteiger partial charge in [-0.2, -0.15) is 0 Å². The van der Waals surface area contributed by atoms with Crippen LogP contribution in [-0.4, -0.2) is 31.1 Å². The van der Waals surface area contributed by atoms with E-state index >= 15 is 0 Å². The molecule has 7 heteroatoms. The Bertz CT molecular complexity index is 909. The maximum Gasteiger partial charge on any atom is 0.269 e. The van der Waals surface area contributed by atoms with E-state index in [1.807, 2.05) is 23.2 Å². The van der Waals surface area contributed by atoms with Gasteiger partial charge in [0.1, 0.15) is 0 Å². The molecule has 0 N–H and O–H groups in total. The topological polar surface area (TPSA) is 63.5 Å². The maximum absolute atomic E-state index is 13.2.